The Morgan fingerprint density at radius 2 is 1.90 bits per heavy atom. The topological polar surface area (TPSA) is 56.7 Å². The van der Waals surface area contributed by atoms with Gasteiger partial charge in [-0.3, -0.25) is 0 Å². The molecule has 0 fully saturated rings. The standard InChI is InChI=1S/C15H22N4S/c1-11(2)8-19-15(17-10-18-19)9-20-14-6-4-13(5-7-14)12(3)16/h4-7,10-12H,8-9,16H2,1-3H3. The molecule has 2 rings (SSSR count). The Bertz CT molecular complexity index is 531. The molecule has 0 saturated carbocycles. The smallest absolute Gasteiger partial charge is 0.138 e. The number of hydrogen-bond donors (Lipinski definition) is 1. The van der Waals surface area contributed by atoms with Crippen LogP contribution in [0.3, 0.4) is 0 Å². The molecule has 1 aromatic heterocycles. The van der Waals surface area contributed by atoms with Crippen LogP contribution in [0.25, 0.3) is 0 Å². The minimum Gasteiger partial charge on any atom is -0.324 e. The van der Waals surface area contributed by atoms with Crippen molar-refractivity contribution in [2.45, 2.75) is 44.0 Å². The van der Waals surface area contributed by atoms with Gasteiger partial charge in [-0.05, 0) is 30.5 Å². The highest BCUT2D eigenvalue weighted by molar-refractivity contribution is 7.98. The number of nitrogens with two attached hydrogens (primary N) is 1. The van der Waals surface area contributed by atoms with Gasteiger partial charge in [0.05, 0.1) is 5.75 Å². The average Bonchev–Trinajstić information content (AvgIpc) is 2.83. The van der Waals surface area contributed by atoms with Gasteiger partial charge in [0.1, 0.15) is 12.2 Å². The van der Waals surface area contributed by atoms with Crippen molar-refractivity contribution in [1.82, 2.24) is 14.8 Å². The molecule has 20 heavy (non-hydrogen) atoms. The first-order chi connectivity index (χ1) is 9.56. The second-order valence-corrected chi connectivity index (χ2v) is 6.45. The van der Waals surface area contributed by atoms with Gasteiger partial charge in [-0.2, -0.15) is 5.10 Å². The summed E-state index contributed by atoms with van der Waals surface area (Å²) in [4.78, 5) is 5.57. The maximum atomic E-state index is 5.85. The zero-order chi connectivity index (χ0) is 14.5. The van der Waals surface area contributed by atoms with Crippen molar-refractivity contribution in [2.24, 2.45) is 11.7 Å². The normalized spacial score (nSPS) is 12.8. The Labute approximate surface area is 124 Å². The van der Waals surface area contributed by atoms with E-state index >= 15 is 0 Å². The summed E-state index contributed by atoms with van der Waals surface area (Å²) in [5.74, 6) is 2.44. The summed E-state index contributed by atoms with van der Waals surface area (Å²) in [5.41, 5.74) is 7.02. The van der Waals surface area contributed by atoms with Gasteiger partial charge in [0.2, 0.25) is 0 Å². The molecular formula is C15H22N4S. The molecule has 0 spiro atoms. The van der Waals surface area contributed by atoms with Crippen molar-refractivity contribution in [2.75, 3.05) is 0 Å². The third kappa shape index (κ3) is 4.08. The molecule has 0 aliphatic rings. The fourth-order valence-electron chi connectivity index (χ4n) is 1.91. The zero-order valence-electron chi connectivity index (χ0n) is 12.3. The first-order valence-corrected chi connectivity index (χ1v) is 7.90. The van der Waals surface area contributed by atoms with Crippen molar-refractivity contribution in [3.63, 3.8) is 0 Å². The molecule has 1 unspecified atom stereocenters. The van der Waals surface area contributed by atoms with Gasteiger partial charge in [-0.25, -0.2) is 9.67 Å². The summed E-state index contributed by atoms with van der Waals surface area (Å²) >= 11 is 1.78. The zero-order valence-corrected chi connectivity index (χ0v) is 13.1. The summed E-state index contributed by atoms with van der Waals surface area (Å²) in [7, 11) is 0. The molecule has 0 aliphatic heterocycles. The molecule has 0 radical (unpaired) electrons. The molecule has 1 aromatic carbocycles. The Kier molecular flexibility index (Phi) is 5.20. The van der Waals surface area contributed by atoms with Crippen LogP contribution in [0.4, 0.5) is 0 Å². The molecule has 0 bridgehead atoms. The van der Waals surface area contributed by atoms with Crippen LogP contribution in [0.15, 0.2) is 35.5 Å². The Balaban J connectivity index is 1.96. The number of benzene rings is 1. The van der Waals surface area contributed by atoms with Gasteiger partial charge in [0.25, 0.3) is 0 Å². The van der Waals surface area contributed by atoms with Gasteiger partial charge in [0.15, 0.2) is 0 Å². The number of aromatic nitrogens is 3. The second-order valence-electron chi connectivity index (χ2n) is 5.40. The quantitative estimate of drug-likeness (QED) is 0.830. The van der Waals surface area contributed by atoms with E-state index in [-0.39, 0.29) is 6.04 Å². The lowest BCUT2D eigenvalue weighted by molar-refractivity contribution is 0.472. The summed E-state index contributed by atoms with van der Waals surface area (Å²) < 4.78 is 1.99. The van der Waals surface area contributed by atoms with Gasteiger partial charge in [-0.15, -0.1) is 11.8 Å². The summed E-state index contributed by atoms with van der Waals surface area (Å²) in [6.45, 7) is 7.28. The molecule has 0 amide bonds. The lowest BCUT2D eigenvalue weighted by Crippen LogP contribution is -2.09. The van der Waals surface area contributed by atoms with E-state index in [1.807, 2.05) is 11.6 Å². The minimum atomic E-state index is 0.0863. The molecule has 1 heterocycles. The highest BCUT2D eigenvalue weighted by Crippen LogP contribution is 2.23. The Hall–Kier alpha value is -1.33. The van der Waals surface area contributed by atoms with Crippen molar-refractivity contribution >= 4 is 11.8 Å². The van der Waals surface area contributed by atoms with Crippen LogP contribution in [-0.4, -0.2) is 14.8 Å². The van der Waals surface area contributed by atoms with Gasteiger partial charge >= 0.3 is 0 Å². The van der Waals surface area contributed by atoms with Crippen LogP contribution in [-0.2, 0) is 12.3 Å². The second kappa shape index (κ2) is 6.90. The highest BCUT2D eigenvalue weighted by Gasteiger charge is 2.07. The molecule has 1 atom stereocenters. The van der Waals surface area contributed by atoms with Gasteiger partial charge in [-0.1, -0.05) is 26.0 Å². The van der Waals surface area contributed by atoms with E-state index in [0.29, 0.717) is 5.92 Å². The third-order valence-corrected chi connectivity index (χ3v) is 4.02. The number of rotatable bonds is 6. The molecule has 0 saturated heterocycles. The van der Waals surface area contributed by atoms with Crippen molar-refractivity contribution in [3.05, 3.63) is 42.0 Å². The number of nitrogens with zero attached hydrogens (tertiary/aromatic N) is 3. The van der Waals surface area contributed by atoms with E-state index in [0.717, 1.165) is 23.7 Å². The summed E-state index contributed by atoms with van der Waals surface area (Å²) in [6.07, 6.45) is 1.64. The Morgan fingerprint density at radius 3 is 2.50 bits per heavy atom. The fraction of sp³-hybridized carbons (Fsp3) is 0.467. The SMILES string of the molecule is CC(C)Cn1ncnc1CSc1ccc(C(C)N)cc1. The Morgan fingerprint density at radius 1 is 1.20 bits per heavy atom. The van der Waals surface area contributed by atoms with E-state index in [2.05, 4.69) is 48.2 Å². The molecule has 2 aromatic rings. The van der Waals surface area contributed by atoms with Crippen LogP contribution in [0.5, 0.6) is 0 Å². The molecular weight excluding hydrogens is 268 g/mol. The summed E-state index contributed by atoms with van der Waals surface area (Å²) in [5, 5.41) is 4.28. The van der Waals surface area contributed by atoms with Gasteiger partial charge < -0.3 is 5.73 Å². The van der Waals surface area contributed by atoms with Crippen molar-refractivity contribution in [1.29, 1.82) is 0 Å². The molecule has 108 valence electrons. The maximum Gasteiger partial charge on any atom is 0.138 e. The minimum absolute atomic E-state index is 0.0863. The predicted octanol–water partition coefficient (Wildman–Crippen LogP) is 3.25. The van der Waals surface area contributed by atoms with Crippen LogP contribution in [0, 0.1) is 5.92 Å². The third-order valence-electron chi connectivity index (χ3n) is 3.01. The van der Waals surface area contributed by atoms with Crippen LogP contribution in [0.2, 0.25) is 0 Å². The van der Waals surface area contributed by atoms with Gasteiger partial charge in [0, 0.05) is 17.5 Å². The number of thioether (sulfide) groups is 1. The first kappa shape index (κ1) is 15.1. The summed E-state index contributed by atoms with van der Waals surface area (Å²) in [6, 6.07) is 8.50. The maximum absolute atomic E-state index is 5.85. The van der Waals surface area contributed by atoms with E-state index in [9.17, 15) is 0 Å². The lowest BCUT2D eigenvalue weighted by atomic mass is 10.1. The van der Waals surface area contributed by atoms with Crippen LogP contribution < -0.4 is 5.73 Å². The molecule has 5 heteroatoms. The highest BCUT2D eigenvalue weighted by atomic mass is 32.2. The first-order valence-electron chi connectivity index (χ1n) is 6.91. The van der Waals surface area contributed by atoms with Crippen molar-refractivity contribution in [3.8, 4) is 0 Å². The monoisotopic (exact) mass is 290 g/mol. The van der Waals surface area contributed by atoms with E-state index < -0.39 is 0 Å². The van der Waals surface area contributed by atoms with E-state index in [1.54, 1.807) is 18.1 Å². The van der Waals surface area contributed by atoms with Crippen LogP contribution in [0.1, 0.15) is 38.2 Å². The lowest BCUT2D eigenvalue weighted by Gasteiger charge is -2.09. The van der Waals surface area contributed by atoms with E-state index in [4.69, 9.17) is 5.73 Å². The molecule has 2 N–H and O–H groups in total. The fourth-order valence-corrected chi connectivity index (χ4v) is 2.76. The van der Waals surface area contributed by atoms with Crippen LogP contribution >= 0.6 is 11.8 Å². The van der Waals surface area contributed by atoms with Crippen molar-refractivity contribution < 1.29 is 0 Å². The largest absolute Gasteiger partial charge is 0.324 e. The predicted molar refractivity (Wildman–Crippen MR) is 83.5 cm³/mol. The molecule has 0 aliphatic carbocycles. The average molecular weight is 290 g/mol. The number of hydrogen-bond acceptors (Lipinski definition) is 4. The van der Waals surface area contributed by atoms with E-state index in [1.165, 1.54) is 4.90 Å². The molecule has 4 nitrogen and oxygen atoms in total.